The lowest BCUT2D eigenvalue weighted by molar-refractivity contribution is -1.05. The van der Waals surface area contributed by atoms with Gasteiger partial charge >= 0.3 is 0 Å². The molecule has 0 amide bonds. The smallest absolute Gasteiger partial charge is 0.107 e. The van der Waals surface area contributed by atoms with Crippen molar-refractivity contribution in [1.82, 2.24) is 0 Å². The highest BCUT2D eigenvalue weighted by molar-refractivity contribution is 9.11. The first-order chi connectivity index (χ1) is 8.13. The first kappa shape index (κ1) is 11.9. The van der Waals surface area contributed by atoms with Crippen LogP contribution >= 0.6 is 31.9 Å². The van der Waals surface area contributed by atoms with Crippen LogP contribution in [0.5, 0.6) is 0 Å². The topological polar surface area (TPSA) is 0 Å². The summed E-state index contributed by atoms with van der Waals surface area (Å²) in [6.45, 7) is 7.75. The Hall–Kier alpha value is -0.120. The summed E-state index contributed by atoms with van der Waals surface area (Å²) in [5.74, 6) is 0.763. The number of halogens is 2. The van der Waals surface area contributed by atoms with E-state index >= 15 is 0 Å². The molecule has 0 bridgehead atoms. The molecule has 2 aliphatic heterocycles. The molecule has 2 saturated heterocycles. The van der Waals surface area contributed by atoms with Crippen LogP contribution in [0.1, 0.15) is 12.0 Å². The second kappa shape index (κ2) is 4.22. The third kappa shape index (κ3) is 1.92. The third-order valence-corrected chi connectivity index (χ3v) is 5.28. The zero-order valence-corrected chi connectivity index (χ0v) is 12.9. The summed E-state index contributed by atoms with van der Waals surface area (Å²) in [5.41, 5.74) is 1.43. The van der Waals surface area contributed by atoms with Crippen LogP contribution in [-0.2, 0) is 6.54 Å². The molecule has 1 aromatic rings. The first-order valence-electron chi connectivity index (χ1n) is 6.06. The number of nitrogens with zero attached hydrogens (tertiary/aromatic N) is 1. The molecule has 90 valence electrons. The Morgan fingerprint density at radius 3 is 2.47 bits per heavy atom. The Morgan fingerprint density at radius 1 is 1.29 bits per heavy atom. The van der Waals surface area contributed by atoms with E-state index in [0.717, 1.165) is 20.9 Å². The Bertz CT molecular complexity index is 451. The number of quaternary nitrogens is 1. The minimum atomic E-state index is 0.763. The summed E-state index contributed by atoms with van der Waals surface area (Å²) in [5, 5.41) is 0. The van der Waals surface area contributed by atoms with Crippen molar-refractivity contribution in [3.05, 3.63) is 45.4 Å². The fraction of sp³-hybridized carbons (Fsp3) is 0.429. The number of hydrogen-bond donors (Lipinski definition) is 0. The van der Waals surface area contributed by atoms with Crippen molar-refractivity contribution in [2.75, 3.05) is 13.1 Å². The highest BCUT2D eigenvalue weighted by Gasteiger charge is 2.59. The molecule has 0 spiro atoms. The highest BCUT2D eigenvalue weighted by atomic mass is 79.9. The molecule has 2 fully saturated rings. The number of fused-ring (bicyclic) bond motifs is 1. The van der Waals surface area contributed by atoms with E-state index in [0.29, 0.717) is 0 Å². The lowest BCUT2D eigenvalue weighted by Crippen LogP contribution is -2.77. The summed E-state index contributed by atoms with van der Waals surface area (Å²) >= 11 is 7.13. The predicted molar refractivity (Wildman–Crippen MR) is 77.6 cm³/mol. The molecular weight excluding hydrogens is 342 g/mol. The quantitative estimate of drug-likeness (QED) is 0.564. The van der Waals surface area contributed by atoms with Gasteiger partial charge in [0.2, 0.25) is 0 Å². The van der Waals surface area contributed by atoms with Gasteiger partial charge in [0.05, 0.1) is 19.0 Å². The van der Waals surface area contributed by atoms with E-state index in [4.69, 9.17) is 0 Å². The zero-order chi connectivity index (χ0) is 12.0. The standard InChI is InChI=1S/C14H16Br2N/c1-2-11-9-17(4-3-14(11)17)8-10-5-12(15)7-13(16)6-10/h2,5-7,11,14H,1,3-4,8-9H2/q+1. The highest BCUT2D eigenvalue weighted by Crippen LogP contribution is 2.46. The largest absolute Gasteiger partial charge is 0.316 e. The third-order valence-electron chi connectivity index (χ3n) is 4.36. The van der Waals surface area contributed by atoms with Gasteiger partial charge in [0.1, 0.15) is 12.6 Å². The molecule has 1 aromatic carbocycles. The van der Waals surface area contributed by atoms with Crippen LogP contribution in [0.2, 0.25) is 0 Å². The molecule has 3 atom stereocenters. The fourth-order valence-electron chi connectivity index (χ4n) is 3.45. The van der Waals surface area contributed by atoms with E-state index in [1.165, 1.54) is 36.1 Å². The molecule has 0 aliphatic carbocycles. The molecular formula is C14H16Br2N+. The number of benzene rings is 1. The van der Waals surface area contributed by atoms with Gasteiger partial charge in [-0.1, -0.05) is 37.9 Å². The Morgan fingerprint density at radius 2 is 2.00 bits per heavy atom. The van der Waals surface area contributed by atoms with Crippen molar-refractivity contribution >= 4 is 31.9 Å². The van der Waals surface area contributed by atoms with Gasteiger partial charge in [-0.15, -0.1) is 6.58 Å². The van der Waals surface area contributed by atoms with Gasteiger partial charge in [-0.3, -0.25) is 0 Å². The van der Waals surface area contributed by atoms with Crippen LogP contribution in [0.3, 0.4) is 0 Å². The van der Waals surface area contributed by atoms with Crippen LogP contribution in [-0.4, -0.2) is 23.6 Å². The molecule has 17 heavy (non-hydrogen) atoms. The van der Waals surface area contributed by atoms with Gasteiger partial charge in [0.25, 0.3) is 0 Å². The van der Waals surface area contributed by atoms with Crippen LogP contribution in [0, 0.1) is 5.92 Å². The van der Waals surface area contributed by atoms with E-state index in [-0.39, 0.29) is 0 Å². The maximum atomic E-state index is 3.94. The summed E-state index contributed by atoms with van der Waals surface area (Å²) in [7, 11) is 0. The normalized spacial score (nSPS) is 34.5. The number of rotatable bonds is 3. The van der Waals surface area contributed by atoms with Crippen molar-refractivity contribution in [2.24, 2.45) is 5.92 Å². The summed E-state index contributed by atoms with van der Waals surface area (Å²) in [6, 6.07) is 7.44. The van der Waals surface area contributed by atoms with E-state index in [2.05, 4.69) is 62.7 Å². The minimum Gasteiger partial charge on any atom is -0.316 e. The lowest BCUT2D eigenvalue weighted by Gasteiger charge is -2.64. The van der Waals surface area contributed by atoms with Crippen LogP contribution < -0.4 is 0 Å². The van der Waals surface area contributed by atoms with Gasteiger partial charge in [0.15, 0.2) is 0 Å². The van der Waals surface area contributed by atoms with Gasteiger partial charge in [-0.2, -0.15) is 0 Å². The summed E-state index contributed by atoms with van der Waals surface area (Å²) in [4.78, 5) is 0. The molecule has 0 aromatic heterocycles. The number of piperidine rings is 1. The molecule has 0 radical (unpaired) electrons. The lowest BCUT2D eigenvalue weighted by atomic mass is 9.74. The van der Waals surface area contributed by atoms with Crippen LogP contribution in [0.4, 0.5) is 0 Å². The maximum Gasteiger partial charge on any atom is 0.107 e. The molecule has 1 nitrogen and oxygen atoms in total. The Kier molecular flexibility index (Phi) is 2.96. The summed E-state index contributed by atoms with van der Waals surface area (Å²) in [6.07, 6.45) is 3.53. The van der Waals surface area contributed by atoms with Crippen molar-refractivity contribution in [1.29, 1.82) is 0 Å². The van der Waals surface area contributed by atoms with Gasteiger partial charge in [-0.05, 0) is 18.2 Å². The zero-order valence-electron chi connectivity index (χ0n) is 9.70. The maximum absolute atomic E-state index is 3.94. The SMILES string of the molecule is C=CC1C[N+]2(Cc3cc(Br)cc(Br)c3)CCC12. The van der Waals surface area contributed by atoms with E-state index in [1.807, 2.05) is 0 Å². The van der Waals surface area contributed by atoms with Crippen molar-refractivity contribution < 1.29 is 4.48 Å². The fourth-order valence-corrected chi connectivity index (χ4v) is 4.84. The predicted octanol–water partition coefficient (Wildman–Crippen LogP) is 4.12. The Balaban J connectivity index is 1.78. The van der Waals surface area contributed by atoms with Crippen molar-refractivity contribution in [2.45, 2.75) is 19.0 Å². The van der Waals surface area contributed by atoms with Gasteiger partial charge < -0.3 is 4.48 Å². The first-order valence-corrected chi connectivity index (χ1v) is 7.65. The monoisotopic (exact) mass is 356 g/mol. The summed E-state index contributed by atoms with van der Waals surface area (Å²) < 4.78 is 3.62. The molecule has 0 N–H and O–H groups in total. The van der Waals surface area contributed by atoms with Crippen molar-refractivity contribution in [3.63, 3.8) is 0 Å². The molecule has 3 unspecified atom stereocenters. The number of hydrogen-bond acceptors (Lipinski definition) is 0. The average Bonchev–Trinajstić information content (AvgIpc) is 2.24. The van der Waals surface area contributed by atoms with Crippen LogP contribution in [0.15, 0.2) is 39.8 Å². The molecule has 0 saturated carbocycles. The molecule has 2 heterocycles. The molecule has 3 rings (SSSR count). The molecule has 2 aliphatic rings. The minimum absolute atomic E-state index is 0.763. The van der Waals surface area contributed by atoms with Crippen LogP contribution in [0.25, 0.3) is 0 Å². The average molecular weight is 358 g/mol. The molecule has 3 heteroatoms. The van der Waals surface area contributed by atoms with Crippen molar-refractivity contribution in [3.8, 4) is 0 Å². The van der Waals surface area contributed by atoms with E-state index < -0.39 is 0 Å². The second-order valence-electron chi connectivity index (χ2n) is 5.32. The van der Waals surface area contributed by atoms with E-state index in [9.17, 15) is 0 Å². The Labute approximate surface area is 119 Å². The van der Waals surface area contributed by atoms with Gasteiger partial charge in [-0.25, -0.2) is 0 Å². The second-order valence-corrected chi connectivity index (χ2v) is 7.15. The van der Waals surface area contributed by atoms with E-state index in [1.54, 1.807) is 0 Å². The van der Waals surface area contributed by atoms with Gasteiger partial charge in [0, 0.05) is 20.9 Å².